The highest BCUT2D eigenvalue weighted by Crippen LogP contribution is 2.22. The lowest BCUT2D eigenvalue weighted by Gasteiger charge is -2.24. The summed E-state index contributed by atoms with van der Waals surface area (Å²) in [4.78, 5) is 0.117. The van der Waals surface area contributed by atoms with Crippen molar-refractivity contribution in [1.29, 1.82) is 0 Å². The van der Waals surface area contributed by atoms with Crippen molar-refractivity contribution in [3.63, 3.8) is 0 Å². The first kappa shape index (κ1) is 19.8. The highest BCUT2D eigenvalue weighted by atomic mass is 32.2. The molecule has 0 aliphatic heterocycles. The van der Waals surface area contributed by atoms with E-state index in [1.807, 2.05) is 6.92 Å². The fraction of sp³-hybridized carbons (Fsp3) is 0.158. The topological polar surface area (TPSA) is 71.5 Å². The van der Waals surface area contributed by atoms with E-state index in [2.05, 4.69) is 12.5 Å². The van der Waals surface area contributed by atoms with Crippen LogP contribution in [0.2, 0.25) is 0 Å². The summed E-state index contributed by atoms with van der Waals surface area (Å²) >= 11 is 0. The van der Waals surface area contributed by atoms with Gasteiger partial charge < -0.3 is 0 Å². The molecule has 2 aromatic rings. The molecule has 26 heavy (non-hydrogen) atoms. The molecule has 0 saturated carbocycles. The Labute approximate surface area is 154 Å². The van der Waals surface area contributed by atoms with Crippen molar-refractivity contribution in [3.8, 4) is 12.3 Å². The van der Waals surface area contributed by atoms with E-state index in [-0.39, 0.29) is 22.0 Å². The van der Waals surface area contributed by atoms with Crippen molar-refractivity contribution in [2.45, 2.75) is 16.7 Å². The predicted molar refractivity (Wildman–Crippen MR) is 102 cm³/mol. The molecule has 2 rings (SSSR count). The number of terminal acetylenes is 1. The Hall–Kier alpha value is -2.56. The largest absolute Gasteiger partial charge is 0.264 e. The van der Waals surface area contributed by atoms with Crippen LogP contribution in [0, 0.1) is 19.3 Å². The van der Waals surface area contributed by atoms with Crippen LogP contribution in [0.1, 0.15) is 5.56 Å². The van der Waals surface area contributed by atoms with Crippen LogP contribution in [0.4, 0.5) is 0 Å². The zero-order valence-electron chi connectivity index (χ0n) is 14.3. The average Bonchev–Trinajstić information content (AvgIpc) is 2.60. The van der Waals surface area contributed by atoms with Crippen LogP contribution < -0.4 is 0 Å². The van der Waals surface area contributed by atoms with Crippen molar-refractivity contribution < 1.29 is 16.8 Å². The molecule has 7 heteroatoms. The molecule has 0 fully saturated rings. The second-order valence-corrected chi connectivity index (χ2v) is 9.52. The monoisotopic (exact) mass is 389 g/mol. The van der Waals surface area contributed by atoms with E-state index >= 15 is 0 Å². The van der Waals surface area contributed by atoms with Crippen LogP contribution in [-0.2, 0) is 19.9 Å². The molecule has 0 aliphatic rings. The third-order valence-electron chi connectivity index (χ3n) is 3.66. The zero-order valence-corrected chi connectivity index (χ0v) is 15.9. The number of nitrogens with zero attached hydrogens (tertiary/aromatic N) is 1. The van der Waals surface area contributed by atoms with E-state index in [9.17, 15) is 16.8 Å². The minimum Gasteiger partial charge on any atom is -0.258 e. The van der Waals surface area contributed by atoms with Gasteiger partial charge in [0, 0.05) is 5.70 Å². The smallest absolute Gasteiger partial charge is 0.258 e. The average molecular weight is 389 g/mol. The van der Waals surface area contributed by atoms with Crippen LogP contribution in [0.15, 0.2) is 76.7 Å². The van der Waals surface area contributed by atoms with Crippen LogP contribution in [0.5, 0.6) is 0 Å². The quantitative estimate of drug-likeness (QED) is 0.683. The number of hydrogen-bond acceptors (Lipinski definition) is 4. The molecule has 0 heterocycles. The van der Waals surface area contributed by atoms with Gasteiger partial charge in [0.15, 0.2) is 9.84 Å². The predicted octanol–water partition coefficient (Wildman–Crippen LogP) is 2.61. The van der Waals surface area contributed by atoms with E-state index in [1.54, 1.807) is 30.3 Å². The molecule has 0 aliphatic carbocycles. The molecule has 0 radical (unpaired) electrons. The minimum absolute atomic E-state index is 0.0177. The third kappa shape index (κ3) is 4.34. The summed E-state index contributed by atoms with van der Waals surface area (Å²) in [6, 6.07) is 14.0. The standard InChI is InChI=1S/C19H19NO4S2/c1-4-14-20(26(23,24)19-8-6-5-7-9-19)17(3)15-25(21,22)18-12-10-16(2)11-13-18/h1,5-13H,3,14-15H2,2H3. The molecule has 0 atom stereocenters. The molecule has 0 amide bonds. The summed E-state index contributed by atoms with van der Waals surface area (Å²) < 4.78 is 51.7. The Kier molecular flexibility index (Phi) is 5.90. The SMILES string of the molecule is C#CCN(C(=C)CS(=O)(=O)c1ccc(C)cc1)S(=O)(=O)c1ccccc1. The molecule has 0 unspecified atom stereocenters. The van der Waals surface area contributed by atoms with Crippen LogP contribution in [0.3, 0.4) is 0 Å². The van der Waals surface area contributed by atoms with Gasteiger partial charge in [-0.15, -0.1) is 6.42 Å². The number of sulfone groups is 1. The molecule has 0 bridgehead atoms. The maximum atomic E-state index is 12.8. The van der Waals surface area contributed by atoms with E-state index in [0.717, 1.165) is 9.87 Å². The van der Waals surface area contributed by atoms with Crippen LogP contribution >= 0.6 is 0 Å². The first-order chi connectivity index (χ1) is 12.2. The first-order valence-corrected chi connectivity index (χ1v) is 10.8. The van der Waals surface area contributed by atoms with Gasteiger partial charge in [0.25, 0.3) is 10.0 Å². The van der Waals surface area contributed by atoms with Gasteiger partial charge in [0.1, 0.15) is 0 Å². The highest BCUT2D eigenvalue weighted by molar-refractivity contribution is 7.92. The number of hydrogen-bond donors (Lipinski definition) is 0. The zero-order chi connectivity index (χ0) is 19.4. The van der Waals surface area contributed by atoms with Crippen molar-refractivity contribution in [2.75, 3.05) is 12.3 Å². The van der Waals surface area contributed by atoms with Crippen molar-refractivity contribution in [1.82, 2.24) is 4.31 Å². The first-order valence-electron chi connectivity index (χ1n) is 7.67. The van der Waals surface area contributed by atoms with Gasteiger partial charge >= 0.3 is 0 Å². The lowest BCUT2D eigenvalue weighted by Crippen LogP contribution is -2.33. The van der Waals surface area contributed by atoms with Crippen LogP contribution in [-0.4, -0.2) is 33.4 Å². The second-order valence-electron chi connectivity index (χ2n) is 5.67. The Bertz CT molecular complexity index is 1030. The number of aryl methyl sites for hydroxylation is 1. The summed E-state index contributed by atoms with van der Waals surface area (Å²) in [6.45, 7) is 5.20. The summed E-state index contributed by atoms with van der Waals surface area (Å²) in [5.41, 5.74) is 0.816. The maximum Gasteiger partial charge on any atom is 0.264 e. The molecule has 0 spiro atoms. The lowest BCUT2D eigenvalue weighted by molar-refractivity contribution is 0.507. The molecule has 5 nitrogen and oxygen atoms in total. The van der Waals surface area contributed by atoms with Crippen molar-refractivity contribution >= 4 is 19.9 Å². The Balaban J connectivity index is 2.35. The van der Waals surface area contributed by atoms with Gasteiger partial charge in [0.05, 0.1) is 22.1 Å². The van der Waals surface area contributed by atoms with Gasteiger partial charge in [-0.25, -0.2) is 16.8 Å². The molecule has 136 valence electrons. The van der Waals surface area contributed by atoms with Gasteiger partial charge in [-0.2, -0.15) is 0 Å². The maximum absolute atomic E-state index is 12.8. The number of benzene rings is 2. The molecule has 2 aromatic carbocycles. The van der Waals surface area contributed by atoms with Crippen LogP contribution in [0.25, 0.3) is 0 Å². The summed E-state index contributed by atoms with van der Waals surface area (Å²) in [7, 11) is -7.75. The highest BCUT2D eigenvalue weighted by Gasteiger charge is 2.28. The molecular weight excluding hydrogens is 370 g/mol. The van der Waals surface area contributed by atoms with E-state index in [4.69, 9.17) is 6.42 Å². The molecule has 0 N–H and O–H groups in total. The lowest BCUT2D eigenvalue weighted by atomic mass is 10.2. The van der Waals surface area contributed by atoms with E-state index in [0.29, 0.717) is 0 Å². The second kappa shape index (κ2) is 7.77. The molecule has 0 saturated heterocycles. The van der Waals surface area contributed by atoms with Gasteiger partial charge in [-0.3, -0.25) is 4.31 Å². The Morgan fingerprint density at radius 2 is 1.58 bits per heavy atom. The van der Waals surface area contributed by atoms with Gasteiger partial charge in [-0.05, 0) is 31.2 Å². The van der Waals surface area contributed by atoms with E-state index < -0.39 is 25.6 Å². The summed E-state index contributed by atoms with van der Waals surface area (Å²) in [5, 5.41) is 0. The fourth-order valence-corrected chi connectivity index (χ4v) is 5.09. The normalized spacial score (nSPS) is 11.5. The summed E-state index contributed by atoms with van der Waals surface area (Å²) in [5.74, 6) is 1.70. The van der Waals surface area contributed by atoms with Gasteiger partial charge in [-0.1, -0.05) is 48.4 Å². The Morgan fingerprint density at radius 3 is 2.12 bits per heavy atom. The minimum atomic E-state index is -4.00. The molecular formula is C19H19NO4S2. The number of sulfonamides is 1. The summed E-state index contributed by atoms with van der Waals surface area (Å²) in [6.07, 6.45) is 5.29. The Morgan fingerprint density at radius 1 is 1.00 bits per heavy atom. The van der Waals surface area contributed by atoms with Crippen molar-refractivity contribution in [2.24, 2.45) is 0 Å². The number of rotatable bonds is 7. The third-order valence-corrected chi connectivity index (χ3v) is 7.19. The van der Waals surface area contributed by atoms with E-state index in [1.165, 1.54) is 24.3 Å². The fourth-order valence-electron chi connectivity index (χ4n) is 2.29. The van der Waals surface area contributed by atoms with Gasteiger partial charge in [0.2, 0.25) is 0 Å². The van der Waals surface area contributed by atoms with Crippen molar-refractivity contribution in [3.05, 3.63) is 72.4 Å². The molecule has 0 aromatic heterocycles.